The van der Waals surface area contributed by atoms with Crippen molar-refractivity contribution < 1.29 is 4.52 Å². The first-order chi connectivity index (χ1) is 9.45. The fourth-order valence-corrected chi connectivity index (χ4v) is 3.10. The van der Waals surface area contributed by atoms with Gasteiger partial charge in [-0.2, -0.15) is 0 Å². The van der Waals surface area contributed by atoms with E-state index in [-0.39, 0.29) is 0 Å². The maximum atomic E-state index is 5.23. The summed E-state index contributed by atoms with van der Waals surface area (Å²) < 4.78 is 6.31. The van der Waals surface area contributed by atoms with Gasteiger partial charge in [-0.1, -0.05) is 19.0 Å². The maximum Gasteiger partial charge on any atom is 0.167 e. The lowest BCUT2D eigenvalue weighted by Gasteiger charge is -2.14. The largest absolute Gasteiger partial charge is 0.369 e. The van der Waals surface area contributed by atoms with Gasteiger partial charge in [0.15, 0.2) is 5.82 Å². The lowest BCUT2D eigenvalue weighted by Crippen LogP contribution is -2.09. The molecule has 20 heavy (non-hydrogen) atoms. The second kappa shape index (κ2) is 6.07. The van der Waals surface area contributed by atoms with Crippen LogP contribution in [0.3, 0.4) is 0 Å². The summed E-state index contributed by atoms with van der Waals surface area (Å²) in [5.41, 5.74) is 2.76. The lowest BCUT2D eigenvalue weighted by atomic mass is 10.1. The second-order valence-electron chi connectivity index (χ2n) is 4.98. The van der Waals surface area contributed by atoms with E-state index in [9.17, 15) is 0 Å². The van der Waals surface area contributed by atoms with Gasteiger partial charge < -0.3 is 9.84 Å². The fourth-order valence-electron chi connectivity index (χ4n) is 2.05. The molecule has 2 rings (SSSR count). The van der Waals surface area contributed by atoms with E-state index >= 15 is 0 Å². The molecule has 0 fully saturated rings. The normalized spacial score (nSPS) is 11.2. The molecule has 0 amide bonds. The predicted octanol–water partition coefficient (Wildman–Crippen LogP) is 3.91. The third kappa shape index (κ3) is 2.79. The van der Waals surface area contributed by atoms with Crippen molar-refractivity contribution in [2.24, 2.45) is 0 Å². The summed E-state index contributed by atoms with van der Waals surface area (Å²) in [6.07, 6.45) is 0. The minimum Gasteiger partial charge on any atom is -0.369 e. The van der Waals surface area contributed by atoms with Gasteiger partial charge >= 0.3 is 0 Å². The first kappa shape index (κ1) is 15.2. The minimum absolute atomic E-state index is 0.335. The standard InChI is InChI=1S/C14H19IN4O/c1-6-16-14-11(15)12(7(2)3)17-13(18-14)10-8(4)19-20-9(10)5/h7H,6H2,1-5H3,(H,16,17,18). The van der Waals surface area contributed by atoms with Crippen molar-refractivity contribution in [2.75, 3.05) is 11.9 Å². The topological polar surface area (TPSA) is 63.8 Å². The molecule has 0 unspecified atom stereocenters. The molecule has 1 N–H and O–H groups in total. The molecule has 0 radical (unpaired) electrons. The van der Waals surface area contributed by atoms with Crippen LogP contribution < -0.4 is 5.32 Å². The van der Waals surface area contributed by atoms with Gasteiger partial charge in [0.25, 0.3) is 0 Å². The Labute approximate surface area is 132 Å². The van der Waals surface area contributed by atoms with Crippen LogP contribution in [0.4, 0.5) is 5.82 Å². The summed E-state index contributed by atoms with van der Waals surface area (Å²) in [5.74, 6) is 2.64. The van der Waals surface area contributed by atoms with Gasteiger partial charge in [-0.25, -0.2) is 9.97 Å². The van der Waals surface area contributed by atoms with Crippen LogP contribution >= 0.6 is 22.6 Å². The zero-order chi connectivity index (χ0) is 14.9. The van der Waals surface area contributed by atoms with E-state index in [1.54, 1.807) is 0 Å². The zero-order valence-electron chi connectivity index (χ0n) is 12.4. The average Bonchev–Trinajstić information content (AvgIpc) is 2.72. The van der Waals surface area contributed by atoms with Gasteiger partial charge in [-0.05, 0) is 49.3 Å². The number of nitrogens with one attached hydrogen (secondary N) is 1. The molecule has 5 nitrogen and oxygen atoms in total. The number of hydrogen-bond acceptors (Lipinski definition) is 5. The molecule has 0 spiro atoms. The number of aromatic nitrogens is 3. The maximum absolute atomic E-state index is 5.23. The Balaban J connectivity index is 2.65. The molecule has 0 atom stereocenters. The van der Waals surface area contributed by atoms with Crippen LogP contribution in [-0.4, -0.2) is 21.7 Å². The number of anilines is 1. The highest BCUT2D eigenvalue weighted by Crippen LogP contribution is 2.30. The third-order valence-electron chi connectivity index (χ3n) is 3.02. The summed E-state index contributed by atoms with van der Waals surface area (Å²) in [5, 5.41) is 7.29. The van der Waals surface area contributed by atoms with Gasteiger partial charge in [0.2, 0.25) is 0 Å². The van der Waals surface area contributed by atoms with Crippen molar-refractivity contribution in [3.05, 3.63) is 20.7 Å². The van der Waals surface area contributed by atoms with Gasteiger partial charge in [-0.3, -0.25) is 0 Å². The third-order valence-corrected chi connectivity index (χ3v) is 4.09. The second-order valence-corrected chi connectivity index (χ2v) is 6.06. The Kier molecular flexibility index (Phi) is 4.62. The molecule has 0 aliphatic heterocycles. The molecule has 108 valence electrons. The van der Waals surface area contributed by atoms with Gasteiger partial charge in [-0.15, -0.1) is 0 Å². The van der Waals surface area contributed by atoms with Crippen LogP contribution in [0.15, 0.2) is 4.52 Å². The van der Waals surface area contributed by atoms with E-state index in [1.165, 1.54) is 0 Å². The molecule has 0 aromatic carbocycles. The van der Waals surface area contributed by atoms with E-state index in [2.05, 4.69) is 58.8 Å². The van der Waals surface area contributed by atoms with Gasteiger partial charge in [0.1, 0.15) is 11.6 Å². The van der Waals surface area contributed by atoms with E-state index in [0.29, 0.717) is 11.7 Å². The summed E-state index contributed by atoms with van der Waals surface area (Å²) in [6, 6.07) is 0. The summed E-state index contributed by atoms with van der Waals surface area (Å²) in [6.45, 7) is 11.0. The minimum atomic E-state index is 0.335. The van der Waals surface area contributed by atoms with Crippen LogP contribution in [0, 0.1) is 17.4 Å². The molecule has 2 heterocycles. The summed E-state index contributed by atoms with van der Waals surface area (Å²) >= 11 is 2.30. The first-order valence-corrected chi connectivity index (χ1v) is 7.78. The molecule has 0 saturated carbocycles. The molecule has 0 aliphatic carbocycles. The van der Waals surface area contributed by atoms with E-state index in [0.717, 1.165) is 38.6 Å². The number of hydrogen-bond donors (Lipinski definition) is 1. The number of aryl methyl sites for hydroxylation is 2. The SMILES string of the molecule is CCNc1nc(-c2c(C)noc2C)nc(C(C)C)c1I. The van der Waals surface area contributed by atoms with Crippen molar-refractivity contribution in [1.29, 1.82) is 0 Å². The molecule has 2 aromatic rings. The molecule has 0 saturated heterocycles. The quantitative estimate of drug-likeness (QED) is 0.808. The molecule has 2 aromatic heterocycles. The van der Waals surface area contributed by atoms with Crippen molar-refractivity contribution in [1.82, 2.24) is 15.1 Å². The highest BCUT2D eigenvalue weighted by molar-refractivity contribution is 14.1. The summed E-state index contributed by atoms with van der Waals surface area (Å²) in [7, 11) is 0. The smallest absolute Gasteiger partial charge is 0.167 e. The van der Waals surface area contributed by atoms with Crippen LogP contribution in [-0.2, 0) is 0 Å². The molecule has 0 bridgehead atoms. The monoisotopic (exact) mass is 386 g/mol. The Morgan fingerprint density at radius 3 is 2.45 bits per heavy atom. The number of nitrogens with zero attached hydrogens (tertiary/aromatic N) is 3. The van der Waals surface area contributed by atoms with Crippen LogP contribution in [0.1, 0.15) is 43.8 Å². The summed E-state index contributed by atoms with van der Waals surface area (Å²) in [4.78, 5) is 9.36. The van der Waals surface area contributed by atoms with Crippen LogP contribution in [0.2, 0.25) is 0 Å². The Hall–Kier alpha value is -1.18. The van der Waals surface area contributed by atoms with Crippen molar-refractivity contribution >= 4 is 28.4 Å². The zero-order valence-corrected chi connectivity index (χ0v) is 14.6. The lowest BCUT2D eigenvalue weighted by molar-refractivity contribution is 0.393. The van der Waals surface area contributed by atoms with Crippen molar-refractivity contribution in [3.63, 3.8) is 0 Å². The number of halogens is 1. The fraction of sp³-hybridized carbons (Fsp3) is 0.500. The van der Waals surface area contributed by atoms with Crippen molar-refractivity contribution in [2.45, 2.75) is 40.5 Å². The molecular weight excluding hydrogens is 367 g/mol. The highest BCUT2D eigenvalue weighted by atomic mass is 127. The van der Waals surface area contributed by atoms with E-state index in [4.69, 9.17) is 9.51 Å². The Morgan fingerprint density at radius 2 is 1.95 bits per heavy atom. The number of rotatable bonds is 4. The molecule has 0 aliphatic rings. The van der Waals surface area contributed by atoms with E-state index in [1.807, 2.05) is 13.8 Å². The Morgan fingerprint density at radius 1 is 1.25 bits per heavy atom. The van der Waals surface area contributed by atoms with Gasteiger partial charge in [0.05, 0.1) is 20.5 Å². The molecular formula is C14H19IN4O. The highest BCUT2D eigenvalue weighted by Gasteiger charge is 2.20. The van der Waals surface area contributed by atoms with E-state index < -0.39 is 0 Å². The first-order valence-electron chi connectivity index (χ1n) is 6.70. The Bertz CT molecular complexity index is 602. The average molecular weight is 386 g/mol. The predicted molar refractivity (Wildman–Crippen MR) is 88.0 cm³/mol. The van der Waals surface area contributed by atoms with Gasteiger partial charge in [0, 0.05) is 6.54 Å². The van der Waals surface area contributed by atoms with Crippen LogP contribution in [0.5, 0.6) is 0 Å². The van der Waals surface area contributed by atoms with Crippen molar-refractivity contribution in [3.8, 4) is 11.4 Å². The van der Waals surface area contributed by atoms with Crippen LogP contribution in [0.25, 0.3) is 11.4 Å². The molecule has 6 heteroatoms.